The largest absolute Gasteiger partial charge is 0.326 e. The molecule has 1 unspecified atom stereocenters. The molecule has 1 aliphatic heterocycles. The van der Waals surface area contributed by atoms with Gasteiger partial charge in [0.05, 0.1) is 5.69 Å². The monoisotopic (exact) mass is 495 g/mol. The topological polar surface area (TPSA) is 61.4 Å². The van der Waals surface area contributed by atoms with Gasteiger partial charge in [-0.1, -0.05) is 24.3 Å². The van der Waals surface area contributed by atoms with Crippen molar-refractivity contribution in [2.45, 2.75) is 28.7 Å². The first-order valence-corrected chi connectivity index (χ1v) is 13.4. The van der Waals surface area contributed by atoms with Gasteiger partial charge in [-0.3, -0.25) is 4.79 Å². The summed E-state index contributed by atoms with van der Waals surface area (Å²) in [6.07, 6.45) is 5.14. The Balaban J connectivity index is 1.46. The van der Waals surface area contributed by atoms with E-state index in [9.17, 15) is 9.59 Å². The third-order valence-electron chi connectivity index (χ3n) is 5.75. The zero-order chi connectivity index (χ0) is 24.1. The lowest BCUT2D eigenvalue weighted by Crippen LogP contribution is -2.53. The van der Waals surface area contributed by atoms with Crippen molar-refractivity contribution in [2.75, 3.05) is 29.3 Å². The van der Waals surface area contributed by atoms with Crippen LogP contribution in [0.1, 0.15) is 12.8 Å². The molecule has 0 bridgehead atoms. The number of nitrogens with zero attached hydrogens (tertiary/aromatic N) is 1. The summed E-state index contributed by atoms with van der Waals surface area (Å²) in [5.74, 6) is -0.768. The summed E-state index contributed by atoms with van der Waals surface area (Å²) in [6, 6.07) is 19.1. The molecule has 0 aromatic heterocycles. The van der Waals surface area contributed by atoms with Crippen LogP contribution in [-0.4, -0.2) is 37.0 Å². The highest BCUT2D eigenvalue weighted by atomic mass is 32.2. The van der Waals surface area contributed by atoms with Gasteiger partial charge in [-0.15, -0.1) is 23.5 Å². The number of halogens is 1. The molecule has 0 saturated carbocycles. The Morgan fingerprint density at radius 3 is 2.50 bits per heavy atom. The van der Waals surface area contributed by atoms with Gasteiger partial charge >= 0.3 is 6.03 Å². The number of amides is 3. The first-order valence-electron chi connectivity index (χ1n) is 11.0. The molecule has 176 valence electrons. The molecule has 5 nitrogen and oxygen atoms in total. The predicted octanol–water partition coefficient (Wildman–Crippen LogP) is 6.25. The van der Waals surface area contributed by atoms with Gasteiger partial charge in [-0.2, -0.15) is 0 Å². The van der Waals surface area contributed by atoms with Crippen molar-refractivity contribution in [3.8, 4) is 11.1 Å². The Hall–Kier alpha value is -2.97. The van der Waals surface area contributed by atoms with E-state index in [0.29, 0.717) is 25.1 Å². The SMILES string of the molecule is CSc1ccc(NC(=O)NC2CCCN(c3ccc(-c4ccccc4SC)cc3F)C2=O)cc1. The van der Waals surface area contributed by atoms with E-state index in [4.69, 9.17) is 0 Å². The first-order chi connectivity index (χ1) is 16.5. The van der Waals surface area contributed by atoms with Crippen molar-refractivity contribution in [3.63, 3.8) is 0 Å². The van der Waals surface area contributed by atoms with Crippen molar-refractivity contribution in [1.29, 1.82) is 0 Å². The minimum Gasteiger partial charge on any atom is -0.326 e. The molecule has 1 atom stereocenters. The molecule has 0 spiro atoms. The van der Waals surface area contributed by atoms with E-state index in [-0.39, 0.29) is 11.6 Å². The fourth-order valence-electron chi connectivity index (χ4n) is 4.02. The van der Waals surface area contributed by atoms with Crippen LogP contribution in [0.15, 0.2) is 76.5 Å². The van der Waals surface area contributed by atoms with Gasteiger partial charge in [-0.05, 0) is 78.9 Å². The molecule has 4 rings (SSSR count). The molecule has 3 aromatic carbocycles. The van der Waals surface area contributed by atoms with E-state index in [2.05, 4.69) is 10.6 Å². The molecular formula is C26H26FN3O2S2. The smallest absolute Gasteiger partial charge is 0.319 e. The van der Waals surface area contributed by atoms with E-state index in [1.54, 1.807) is 29.6 Å². The Kier molecular flexibility index (Phi) is 7.80. The summed E-state index contributed by atoms with van der Waals surface area (Å²) < 4.78 is 15.2. The van der Waals surface area contributed by atoms with E-state index >= 15 is 4.39 Å². The number of carbonyl (C=O) groups excluding carboxylic acids is 2. The van der Waals surface area contributed by atoms with Crippen molar-refractivity contribution in [1.82, 2.24) is 5.32 Å². The van der Waals surface area contributed by atoms with Crippen LogP contribution >= 0.6 is 23.5 Å². The van der Waals surface area contributed by atoms with Crippen LogP contribution in [0.2, 0.25) is 0 Å². The summed E-state index contributed by atoms with van der Waals surface area (Å²) >= 11 is 3.22. The highest BCUT2D eigenvalue weighted by Gasteiger charge is 2.32. The lowest BCUT2D eigenvalue weighted by atomic mass is 10.0. The van der Waals surface area contributed by atoms with Crippen LogP contribution < -0.4 is 15.5 Å². The van der Waals surface area contributed by atoms with Gasteiger partial charge in [0.25, 0.3) is 0 Å². The third-order valence-corrected chi connectivity index (χ3v) is 7.29. The number of nitrogens with one attached hydrogen (secondary N) is 2. The number of hydrogen-bond acceptors (Lipinski definition) is 4. The normalized spacial score (nSPS) is 15.8. The molecule has 0 aliphatic carbocycles. The lowest BCUT2D eigenvalue weighted by molar-refractivity contribution is -0.121. The number of benzene rings is 3. The maximum Gasteiger partial charge on any atom is 0.319 e. The molecule has 34 heavy (non-hydrogen) atoms. The van der Waals surface area contributed by atoms with Crippen LogP contribution in [0.3, 0.4) is 0 Å². The van der Waals surface area contributed by atoms with Gasteiger partial charge < -0.3 is 15.5 Å². The number of hydrogen-bond donors (Lipinski definition) is 2. The van der Waals surface area contributed by atoms with Crippen LogP contribution in [0, 0.1) is 5.82 Å². The van der Waals surface area contributed by atoms with Gasteiger partial charge in [0.15, 0.2) is 0 Å². The summed E-state index contributed by atoms with van der Waals surface area (Å²) in [4.78, 5) is 29.2. The standard InChI is InChI=1S/C26H26FN3O2S2/c1-33-19-12-10-18(11-13-19)28-26(32)29-22-7-5-15-30(25(22)31)23-14-9-17(16-21(23)27)20-6-3-4-8-24(20)34-2/h3-4,6,8-14,16,22H,5,7,15H2,1-2H3,(H2,28,29,32). The second kappa shape index (κ2) is 11.0. The van der Waals surface area contributed by atoms with Crippen LogP contribution in [0.4, 0.5) is 20.6 Å². The number of urea groups is 1. The predicted molar refractivity (Wildman–Crippen MR) is 139 cm³/mol. The Morgan fingerprint density at radius 2 is 1.79 bits per heavy atom. The van der Waals surface area contributed by atoms with E-state index in [1.165, 1.54) is 11.0 Å². The Labute approximate surface area is 207 Å². The molecule has 1 heterocycles. The molecule has 1 aliphatic rings. The first kappa shape index (κ1) is 24.2. The van der Waals surface area contributed by atoms with Crippen molar-refractivity contribution in [2.24, 2.45) is 0 Å². The molecular weight excluding hydrogens is 469 g/mol. The van der Waals surface area contributed by atoms with Gasteiger partial charge in [0.1, 0.15) is 11.9 Å². The number of piperidine rings is 1. The van der Waals surface area contributed by atoms with Gasteiger partial charge in [0, 0.05) is 22.0 Å². The maximum atomic E-state index is 15.2. The Morgan fingerprint density at radius 1 is 1.03 bits per heavy atom. The number of anilines is 2. The van der Waals surface area contributed by atoms with E-state index in [1.807, 2.05) is 67.1 Å². The third kappa shape index (κ3) is 5.39. The van der Waals surface area contributed by atoms with Crippen molar-refractivity contribution < 1.29 is 14.0 Å². The highest BCUT2D eigenvalue weighted by Crippen LogP contribution is 2.33. The summed E-state index contributed by atoms with van der Waals surface area (Å²) in [5.41, 5.74) is 2.59. The van der Waals surface area contributed by atoms with E-state index < -0.39 is 17.9 Å². The van der Waals surface area contributed by atoms with Crippen molar-refractivity contribution in [3.05, 3.63) is 72.5 Å². The van der Waals surface area contributed by atoms with Crippen LogP contribution in [0.25, 0.3) is 11.1 Å². The summed E-state index contributed by atoms with van der Waals surface area (Å²) in [6.45, 7) is 0.409. The number of rotatable bonds is 6. The van der Waals surface area contributed by atoms with Crippen LogP contribution in [0.5, 0.6) is 0 Å². The average Bonchev–Trinajstić information content (AvgIpc) is 2.86. The zero-order valence-corrected chi connectivity index (χ0v) is 20.6. The minimum atomic E-state index is -0.712. The second-order valence-electron chi connectivity index (χ2n) is 7.88. The molecule has 3 aromatic rings. The van der Waals surface area contributed by atoms with Gasteiger partial charge in [-0.25, -0.2) is 9.18 Å². The highest BCUT2D eigenvalue weighted by molar-refractivity contribution is 7.98. The quantitative estimate of drug-likeness (QED) is 0.397. The fraction of sp³-hybridized carbons (Fsp3) is 0.231. The lowest BCUT2D eigenvalue weighted by Gasteiger charge is -2.33. The number of carbonyl (C=O) groups is 2. The minimum absolute atomic E-state index is 0.231. The molecule has 8 heteroatoms. The molecule has 3 amide bonds. The maximum absolute atomic E-state index is 15.2. The average molecular weight is 496 g/mol. The molecule has 0 radical (unpaired) electrons. The van der Waals surface area contributed by atoms with Crippen LogP contribution in [-0.2, 0) is 4.79 Å². The van der Waals surface area contributed by atoms with E-state index in [0.717, 1.165) is 20.9 Å². The molecule has 2 N–H and O–H groups in total. The second-order valence-corrected chi connectivity index (χ2v) is 9.61. The fourth-order valence-corrected chi connectivity index (χ4v) is 5.05. The summed E-state index contributed by atoms with van der Waals surface area (Å²) in [5, 5.41) is 5.50. The molecule has 1 fully saturated rings. The zero-order valence-electron chi connectivity index (χ0n) is 19.0. The summed E-state index contributed by atoms with van der Waals surface area (Å²) in [7, 11) is 0. The number of thioether (sulfide) groups is 2. The van der Waals surface area contributed by atoms with Gasteiger partial charge in [0.2, 0.25) is 5.91 Å². The van der Waals surface area contributed by atoms with Crippen molar-refractivity contribution >= 4 is 46.8 Å². The Bertz CT molecular complexity index is 1190. The molecule has 1 saturated heterocycles.